The Bertz CT molecular complexity index is 664. The quantitative estimate of drug-likeness (QED) is 0.939. The van der Waals surface area contributed by atoms with Gasteiger partial charge in [0.05, 0.1) is 11.4 Å². The number of rotatable bonds is 3. The molecule has 1 aromatic carbocycles. The summed E-state index contributed by atoms with van der Waals surface area (Å²) in [7, 11) is 0. The van der Waals surface area contributed by atoms with E-state index in [1.54, 1.807) is 26.0 Å². The first kappa shape index (κ1) is 14.8. The Kier molecular flexibility index (Phi) is 4.26. The van der Waals surface area contributed by atoms with Crippen molar-refractivity contribution in [3.8, 4) is 0 Å². The van der Waals surface area contributed by atoms with Crippen LogP contribution in [0.5, 0.6) is 0 Å². The van der Waals surface area contributed by atoms with Crippen LogP contribution in [0.3, 0.4) is 0 Å². The van der Waals surface area contributed by atoms with Gasteiger partial charge in [-0.15, -0.1) is 0 Å². The molecule has 0 saturated heterocycles. The Morgan fingerprint density at radius 3 is 2.30 bits per heavy atom. The molecule has 1 aromatic heterocycles. The van der Waals surface area contributed by atoms with Crippen LogP contribution in [0.4, 0.5) is 0 Å². The fraction of sp³-hybridized carbons (Fsp3) is 0.214. The minimum Gasteiger partial charge on any atom is -0.478 e. The van der Waals surface area contributed by atoms with Crippen LogP contribution in [0.1, 0.15) is 33.1 Å². The van der Waals surface area contributed by atoms with E-state index < -0.39 is 5.97 Å². The summed E-state index contributed by atoms with van der Waals surface area (Å²) in [5, 5.41) is 10.2. The smallest absolute Gasteiger partial charge is 0.339 e. The van der Waals surface area contributed by atoms with E-state index >= 15 is 0 Å². The summed E-state index contributed by atoms with van der Waals surface area (Å²) in [4.78, 5) is 19.5. The lowest BCUT2D eigenvalue weighted by Gasteiger charge is -2.08. The number of carbonyl (C=O) groups is 1. The van der Waals surface area contributed by atoms with Gasteiger partial charge in [-0.25, -0.2) is 14.8 Å². The molecule has 1 heterocycles. The molecule has 4 nitrogen and oxygen atoms in total. The highest BCUT2D eigenvalue weighted by molar-refractivity contribution is 6.35. The number of hydrogen-bond donors (Lipinski definition) is 1. The molecule has 104 valence electrons. The van der Waals surface area contributed by atoms with Gasteiger partial charge in [-0.2, -0.15) is 0 Å². The van der Waals surface area contributed by atoms with E-state index in [1.807, 2.05) is 6.07 Å². The Hall–Kier alpha value is -1.65. The summed E-state index contributed by atoms with van der Waals surface area (Å²) in [5.74, 6) is -0.481. The van der Waals surface area contributed by atoms with Crippen molar-refractivity contribution in [2.75, 3.05) is 0 Å². The van der Waals surface area contributed by atoms with Crippen LogP contribution in [-0.2, 0) is 6.42 Å². The van der Waals surface area contributed by atoms with Crippen LogP contribution < -0.4 is 0 Å². The van der Waals surface area contributed by atoms with Crippen LogP contribution in [-0.4, -0.2) is 21.0 Å². The zero-order valence-corrected chi connectivity index (χ0v) is 12.5. The highest BCUT2D eigenvalue weighted by Crippen LogP contribution is 2.23. The lowest BCUT2D eigenvalue weighted by Crippen LogP contribution is -2.10. The van der Waals surface area contributed by atoms with Crippen molar-refractivity contribution in [1.29, 1.82) is 0 Å². The molecule has 0 atom stereocenters. The lowest BCUT2D eigenvalue weighted by molar-refractivity contribution is 0.0694. The van der Waals surface area contributed by atoms with Crippen LogP contribution in [0.15, 0.2) is 18.2 Å². The summed E-state index contributed by atoms with van der Waals surface area (Å²) in [6.07, 6.45) is 0.428. The maximum atomic E-state index is 11.1. The number of hydrogen-bond acceptors (Lipinski definition) is 3. The highest BCUT2D eigenvalue weighted by atomic mass is 35.5. The van der Waals surface area contributed by atoms with Crippen LogP contribution >= 0.6 is 23.2 Å². The van der Waals surface area contributed by atoms with E-state index in [9.17, 15) is 4.79 Å². The van der Waals surface area contributed by atoms with Crippen molar-refractivity contribution < 1.29 is 9.90 Å². The van der Waals surface area contributed by atoms with Gasteiger partial charge in [0.25, 0.3) is 0 Å². The standard InChI is InChI=1S/C14H12Cl2N2O2/c1-7-13(14(19)20)8(2)18-12(17-7)5-9-3-4-10(15)6-11(9)16/h3-4,6H,5H2,1-2H3,(H,19,20). The number of halogens is 2. The first-order valence-corrected chi connectivity index (χ1v) is 6.65. The molecule has 0 radical (unpaired) electrons. The van der Waals surface area contributed by atoms with Gasteiger partial charge < -0.3 is 5.11 Å². The maximum Gasteiger partial charge on any atom is 0.339 e. The first-order valence-electron chi connectivity index (χ1n) is 5.90. The molecule has 0 aliphatic rings. The van der Waals surface area contributed by atoms with Crippen molar-refractivity contribution in [3.63, 3.8) is 0 Å². The number of carboxylic acid groups (broad SMARTS) is 1. The Balaban J connectivity index is 2.37. The molecule has 2 rings (SSSR count). The average molecular weight is 311 g/mol. The summed E-state index contributed by atoms with van der Waals surface area (Å²) in [5.41, 5.74) is 1.89. The van der Waals surface area contributed by atoms with E-state index in [2.05, 4.69) is 9.97 Å². The van der Waals surface area contributed by atoms with E-state index in [0.717, 1.165) is 5.56 Å². The monoisotopic (exact) mass is 310 g/mol. The number of nitrogens with zero attached hydrogens (tertiary/aromatic N) is 2. The lowest BCUT2D eigenvalue weighted by atomic mass is 10.1. The third-order valence-corrected chi connectivity index (χ3v) is 3.48. The largest absolute Gasteiger partial charge is 0.478 e. The van der Waals surface area contributed by atoms with Gasteiger partial charge >= 0.3 is 5.97 Å². The van der Waals surface area contributed by atoms with Crippen molar-refractivity contribution in [2.45, 2.75) is 20.3 Å². The number of aromatic carboxylic acids is 1. The van der Waals surface area contributed by atoms with E-state index in [-0.39, 0.29) is 5.56 Å². The minimum absolute atomic E-state index is 0.149. The molecule has 20 heavy (non-hydrogen) atoms. The topological polar surface area (TPSA) is 63.1 Å². The van der Waals surface area contributed by atoms with Crippen molar-refractivity contribution in [2.24, 2.45) is 0 Å². The zero-order valence-electron chi connectivity index (χ0n) is 10.9. The molecule has 0 fully saturated rings. The Labute approximate surface area is 126 Å². The molecule has 0 aliphatic heterocycles. The molecule has 0 bridgehead atoms. The van der Waals surface area contributed by atoms with E-state index in [1.165, 1.54) is 0 Å². The molecular formula is C14H12Cl2N2O2. The van der Waals surface area contributed by atoms with Gasteiger partial charge in [0, 0.05) is 16.5 Å². The second-order valence-electron chi connectivity index (χ2n) is 4.40. The van der Waals surface area contributed by atoms with Crippen molar-refractivity contribution in [3.05, 3.63) is 56.6 Å². The van der Waals surface area contributed by atoms with Gasteiger partial charge in [-0.05, 0) is 31.5 Å². The van der Waals surface area contributed by atoms with E-state index in [0.29, 0.717) is 33.7 Å². The number of carboxylic acids is 1. The SMILES string of the molecule is Cc1nc(Cc2ccc(Cl)cc2Cl)nc(C)c1C(=O)O. The van der Waals surface area contributed by atoms with E-state index in [4.69, 9.17) is 28.3 Å². The third kappa shape index (κ3) is 3.08. The fourth-order valence-electron chi connectivity index (χ4n) is 2.01. The third-order valence-electron chi connectivity index (χ3n) is 2.89. The average Bonchev–Trinajstić information content (AvgIpc) is 2.31. The second-order valence-corrected chi connectivity index (χ2v) is 5.25. The predicted octanol–water partition coefficient (Wildman–Crippen LogP) is 3.69. The van der Waals surface area contributed by atoms with Crippen molar-refractivity contribution >= 4 is 29.2 Å². The first-order chi connectivity index (χ1) is 9.38. The number of aryl methyl sites for hydroxylation is 2. The second kappa shape index (κ2) is 5.77. The zero-order chi connectivity index (χ0) is 14.9. The molecule has 0 amide bonds. The Morgan fingerprint density at radius 1 is 1.20 bits per heavy atom. The maximum absolute atomic E-state index is 11.1. The summed E-state index contributed by atoms with van der Waals surface area (Å²) < 4.78 is 0. The highest BCUT2D eigenvalue weighted by Gasteiger charge is 2.15. The minimum atomic E-state index is -1.02. The van der Waals surface area contributed by atoms with Gasteiger partial charge in [0.2, 0.25) is 0 Å². The van der Waals surface area contributed by atoms with Crippen LogP contribution in [0, 0.1) is 13.8 Å². The molecule has 0 spiro atoms. The van der Waals surface area contributed by atoms with Crippen LogP contribution in [0.2, 0.25) is 10.0 Å². The van der Waals surface area contributed by atoms with Crippen molar-refractivity contribution in [1.82, 2.24) is 9.97 Å². The molecule has 2 aromatic rings. The van der Waals surface area contributed by atoms with Gasteiger partial charge in [-0.3, -0.25) is 0 Å². The van der Waals surface area contributed by atoms with Gasteiger partial charge in [0.15, 0.2) is 0 Å². The fourth-order valence-corrected chi connectivity index (χ4v) is 2.49. The summed E-state index contributed by atoms with van der Waals surface area (Å²) in [6, 6.07) is 5.21. The predicted molar refractivity (Wildman–Crippen MR) is 77.7 cm³/mol. The molecule has 6 heteroatoms. The van der Waals surface area contributed by atoms with Gasteiger partial charge in [0.1, 0.15) is 11.4 Å². The summed E-state index contributed by atoms with van der Waals surface area (Å²) in [6.45, 7) is 3.32. The molecule has 1 N–H and O–H groups in total. The van der Waals surface area contributed by atoms with Crippen LogP contribution in [0.25, 0.3) is 0 Å². The summed E-state index contributed by atoms with van der Waals surface area (Å²) >= 11 is 12.0. The normalized spacial score (nSPS) is 10.6. The number of benzene rings is 1. The number of aromatic nitrogens is 2. The molecule has 0 aliphatic carbocycles. The molecular weight excluding hydrogens is 299 g/mol. The van der Waals surface area contributed by atoms with Gasteiger partial charge in [-0.1, -0.05) is 29.3 Å². The molecule has 0 saturated carbocycles. The molecule has 0 unspecified atom stereocenters. The Morgan fingerprint density at radius 2 is 1.80 bits per heavy atom.